The maximum absolute atomic E-state index is 14.0. The molecule has 104 valence electrons. The zero-order chi connectivity index (χ0) is 13.2. The molecule has 0 amide bonds. The van der Waals surface area contributed by atoms with Crippen LogP contribution in [0.15, 0.2) is 18.2 Å². The van der Waals surface area contributed by atoms with E-state index >= 15 is 0 Å². The Bertz CT molecular complexity index is 442. The van der Waals surface area contributed by atoms with Gasteiger partial charge in [0.25, 0.3) is 0 Å². The van der Waals surface area contributed by atoms with Crippen molar-refractivity contribution in [3.8, 4) is 0 Å². The Balaban J connectivity index is 1.74. The highest BCUT2D eigenvalue weighted by Crippen LogP contribution is 2.39. The SMILES string of the molecule is Fc1ccc(C2CCCCC2CNC2CC2)c(F)c1. The minimum Gasteiger partial charge on any atom is -0.314 e. The molecular weight excluding hydrogens is 244 g/mol. The summed E-state index contributed by atoms with van der Waals surface area (Å²) in [5.41, 5.74) is 0.712. The molecule has 2 saturated carbocycles. The minimum absolute atomic E-state index is 0.251. The molecule has 2 atom stereocenters. The van der Waals surface area contributed by atoms with Gasteiger partial charge in [-0.2, -0.15) is 0 Å². The highest BCUT2D eigenvalue weighted by Gasteiger charge is 2.30. The highest BCUT2D eigenvalue weighted by molar-refractivity contribution is 5.24. The average molecular weight is 265 g/mol. The van der Waals surface area contributed by atoms with Crippen LogP contribution in [0.3, 0.4) is 0 Å². The van der Waals surface area contributed by atoms with Crippen molar-refractivity contribution in [1.82, 2.24) is 5.32 Å². The number of rotatable bonds is 4. The van der Waals surface area contributed by atoms with Gasteiger partial charge in [-0.3, -0.25) is 0 Å². The van der Waals surface area contributed by atoms with Crippen molar-refractivity contribution in [2.75, 3.05) is 6.54 Å². The summed E-state index contributed by atoms with van der Waals surface area (Å²) in [4.78, 5) is 0. The summed E-state index contributed by atoms with van der Waals surface area (Å²) in [6.45, 7) is 0.978. The molecule has 0 aromatic heterocycles. The Labute approximate surface area is 113 Å². The number of nitrogens with one attached hydrogen (secondary N) is 1. The first kappa shape index (κ1) is 13.0. The van der Waals surface area contributed by atoms with Gasteiger partial charge in [-0.1, -0.05) is 18.9 Å². The topological polar surface area (TPSA) is 12.0 Å². The third-order valence-corrected chi connectivity index (χ3v) is 4.52. The Morgan fingerprint density at radius 2 is 1.84 bits per heavy atom. The van der Waals surface area contributed by atoms with Crippen molar-refractivity contribution in [3.05, 3.63) is 35.4 Å². The molecule has 0 bridgehead atoms. The van der Waals surface area contributed by atoms with Crippen LogP contribution in [0.4, 0.5) is 8.78 Å². The molecule has 0 heterocycles. The molecule has 1 aromatic rings. The molecular formula is C16H21F2N. The molecule has 2 unspecified atom stereocenters. The van der Waals surface area contributed by atoms with Gasteiger partial charge in [-0.05, 0) is 55.7 Å². The monoisotopic (exact) mass is 265 g/mol. The quantitative estimate of drug-likeness (QED) is 0.868. The smallest absolute Gasteiger partial charge is 0.129 e. The number of halogens is 2. The van der Waals surface area contributed by atoms with Gasteiger partial charge >= 0.3 is 0 Å². The van der Waals surface area contributed by atoms with E-state index in [0.717, 1.165) is 31.9 Å². The van der Waals surface area contributed by atoms with Crippen LogP contribution >= 0.6 is 0 Å². The normalized spacial score (nSPS) is 27.5. The Morgan fingerprint density at radius 1 is 1.05 bits per heavy atom. The van der Waals surface area contributed by atoms with Crippen LogP contribution in [-0.4, -0.2) is 12.6 Å². The second kappa shape index (κ2) is 5.58. The van der Waals surface area contributed by atoms with Crippen molar-refractivity contribution in [2.24, 2.45) is 5.92 Å². The number of hydrogen-bond donors (Lipinski definition) is 1. The van der Waals surface area contributed by atoms with Crippen LogP contribution in [0, 0.1) is 17.6 Å². The lowest BCUT2D eigenvalue weighted by atomic mass is 9.75. The maximum atomic E-state index is 14.0. The summed E-state index contributed by atoms with van der Waals surface area (Å²) in [5.74, 6) is -0.108. The van der Waals surface area contributed by atoms with Gasteiger partial charge in [-0.15, -0.1) is 0 Å². The summed E-state index contributed by atoms with van der Waals surface area (Å²) < 4.78 is 27.0. The molecule has 2 aliphatic carbocycles. The predicted octanol–water partition coefficient (Wildman–Crippen LogP) is 3.99. The third-order valence-electron chi connectivity index (χ3n) is 4.52. The van der Waals surface area contributed by atoms with E-state index in [-0.39, 0.29) is 11.7 Å². The van der Waals surface area contributed by atoms with Gasteiger partial charge in [0, 0.05) is 12.1 Å². The molecule has 3 rings (SSSR count). The van der Waals surface area contributed by atoms with Crippen LogP contribution in [0.5, 0.6) is 0 Å². The van der Waals surface area contributed by atoms with Crippen molar-refractivity contribution in [2.45, 2.75) is 50.5 Å². The van der Waals surface area contributed by atoms with E-state index < -0.39 is 5.82 Å². The summed E-state index contributed by atoms with van der Waals surface area (Å²) in [6.07, 6.45) is 7.13. The van der Waals surface area contributed by atoms with E-state index in [1.807, 2.05) is 0 Å². The predicted molar refractivity (Wildman–Crippen MR) is 72.1 cm³/mol. The molecule has 2 fully saturated rings. The maximum Gasteiger partial charge on any atom is 0.129 e. The minimum atomic E-state index is -0.482. The van der Waals surface area contributed by atoms with Crippen LogP contribution in [0.25, 0.3) is 0 Å². The Kier molecular flexibility index (Phi) is 3.83. The summed E-state index contributed by atoms with van der Waals surface area (Å²) >= 11 is 0. The van der Waals surface area contributed by atoms with Gasteiger partial charge in [0.15, 0.2) is 0 Å². The first-order valence-corrected chi connectivity index (χ1v) is 7.42. The van der Waals surface area contributed by atoms with Crippen molar-refractivity contribution >= 4 is 0 Å². The first-order chi connectivity index (χ1) is 9.24. The van der Waals surface area contributed by atoms with Crippen LogP contribution in [0.2, 0.25) is 0 Å². The first-order valence-electron chi connectivity index (χ1n) is 7.42. The van der Waals surface area contributed by atoms with Crippen LogP contribution < -0.4 is 5.32 Å². The fraction of sp³-hybridized carbons (Fsp3) is 0.625. The molecule has 0 spiro atoms. The van der Waals surface area contributed by atoms with E-state index in [4.69, 9.17) is 0 Å². The molecule has 3 heteroatoms. The molecule has 1 nitrogen and oxygen atoms in total. The van der Waals surface area contributed by atoms with Crippen molar-refractivity contribution < 1.29 is 8.78 Å². The molecule has 0 radical (unpaired) electrons. The average Bonchev–Trinajstić information content (AvgIpc) is 3.21. The van der Waals surface area contributed by atoms with Crippen molar-refractivity contribution in [1.29, 1.82) is 0 Å². The molecule has 19 heavy (non-hydrogen) atoms. The van der Waals surface area contributed by atoms with E-state index in [0.29, 0.717) is 17.5 Å². The lowest BCUT2D eigenvalue weighted by molar-refractivity contribution is 0.289. The zero-order valence-corrected chi connectivity index (χ0v) is 11.2. The Hall–Kier alpha value is -0.960. The van der Waals surface area contributed by atoms with E-state index in [1.165, 1.54) is 25.3 Å². The summed E-state index contributed by atoms with van der Waals surface area (Å²) in [6, 6.07) is 4.75. The van der Waals surface area contributed by atoms with Gasteiger partial charge in [0.2, 0.25) is 0 Å². The van der Waals surface area contributed by atoms with E-state index in [9.17, 15) is 8.78 Å². The van der Waals surface area contributed by atoms with Gasteiger partial charge in [-0.25, -0.2) is 8.78 Å². The van der Waals surface area contributed by atoms with Gasteiger partial charge in [0.1, 0.15) is 11.6 Å². The fourth-order valence-electron chi connectivity index (χ4n) is 3.27. The highest BCUT2D eigenvalue weighted by atomic mass is 19.1. The lowest BCUT2D eigenvalue weighted by Gasteiger charge is -2.32. The van der Waals surface area contributed by atoms with Crippen LogP contribution in [-0.2, 0) is 0 Å². The Morgan fingerprint density at radius 3 is 2.58 bits per heavy atom. The van der Waals surface area contributed by atoms with Crippen LogP contribution in [0.1, 0.15) is 50.0 Å². The van der Waals surface area contributed by atoms with Crippen molar-refractivity contribution in [3.63, 3.8) is 0 Å². The molecule has 0 saturated heterocycles. The van der Waals surface area contributed by atoms with Gasteiger partial charge < -0.3 is 5.32 Å². The second-order valence-electron chi connectivity index (χ2n) is 6.00. The molecule has 0 aliphatic heterocycles. The molecule has 1 aromatic carbocycles. The standard InChI is InChI=1S/C16H21F2N/c17-12-5-8-15(16(18)9-12)14-4-2-1-3-11(14)10-19-13-6-7-13/h5,8-9,11,13-14,19H,1-4,6-7,10H2. The zero-order valence-electron chi connectivity index (χ0n) is 11.2. The summed E-state index contributed by atoms with van der Waals surface area (Å²) in [7, 11) is 0. The second-order valence-corrected chi connectivity index (χ2v) is 6.00. The molecule has 2 aliphatic rings. The third kappa shape index (κ3) is 3.14. The summed E-state index contributed by atoms with van der Waals surface area (Å²) in [5, 5.41) is 3.56. The fourth-order valence-corrected chi connectivity index (χ4v) is 3.27. The number of hydrogen-bond acceptors (Lipinski definition) is 1. The molecule has 1 N–H and O–H groups in total. The van der Waals surface area contributed by atoms with E-state index in [1.54, 1.807) is 6.07 Å². The largest absolute Gasteiger partial charge is 0.314 e. The number of benzene rings is 1. The lowest BCUT2D eigenvalue weighted by Crippen LogP contribution is -2.31. The van der Waals surface area contributed by atoms with Gasteiger partial charge in [0.05, 0.1) is 0 Å². The van der Waals surface area contributed by atoms with E-state index in [2.05, 4.69) is 5.32 Å².